The Kier molecular flexibility index (Phi) is 9.04. The van der Waals surface area contributed by atoms with Crippen LogP contribution in [0.1, 0.15) is 16.7 Å². The van der Waals surface area contributed by atoms with E-state index in [4.69, 9.17) is 14.2 Å². The van der Waals surface area contributed by atoms with Crippen LogP contribution in [-0.2, 0) is 22.6 Å². The lowest BCUT2D eigenvalue weighted by atomic mass is 10.1. The van der Waals surface area contributed by atoms with Gasteiger partial charge in [0, 0.05) is 6.54 Å². The van der Waals surface area contributed by atoms with Crippen LogP contribution in [0.5, 0.6) is 17.2 Å². The molecule has 0 aliphatic heterocycles. The summed E-state index contributed by atoms with van der Waals surface area (Å²) in [6, 6.07) is 22.6. The smallest absolute Gasteiger partial charge is 0.329 e. The number of nitrogens with zero attached hydrogens (tertiary/aromatic N) is 1. The van der Waals surface area contributed by atoms with E-state index in [-0.39, 0.29) is 6.54 Å². The molecule has 0 aliphatic carbocycles. The first-order chi connectivity index (χ1) is 16.6. The summed E-state index contributed by atoms with van der Waals surface area (Å²) in [6.07, 6.45) is 1.98. The van der Waals surface area contributed by atoms with Crippen LogP contribution >= 0.6 is 0 Å². The fraction of sp³-hybridized carbons (Fsp3) is 0.192. The Hall–Kier alpha value is -4.33. The number of carbonyl (C=O) groups excluding carboxylic acids is 2. The lowest BCUT2D eigenvalue weighted by molar-refractivity contribution is -0.139. The van der Waals surface area contributed by atoms with Crippen LogP contribution in [0.3, 0.4) is 0 Å². The summed E-state index contributed by atoms with van der Waals surface area (Å²) >= 11 is 0. The van der Waals surface area contributed by atoms with E-state index >= 15 is 0 Å². The second-order valence-electron chi connectivity index (χ2n) is 7.24. The molecule has 0 fully saturated rings. The molecule has 0 saturated carbocycles. The number of hydrogen-bond donors (Lipinski definition) is 2. The summed E-state index contributed by atoms with van der Waals surface area (Å²) in [6.45, 7) is 0.765. The molecule has 0 aliphatic rings. The molecule has 0 radical (unpaired) electrons. The SMILES string of the molecule is COc1ccc(CCNC(=O)C(=O)N/N=C\c2ccc(OCc3ccccc3)cc2)cc1OC. The van der Waals surface area contributed by atoms with E-state index in [1.165, 1.54) is 6.21 Å². The van der Waals surface area contributed by atoms with Crippen LogP contribution in [0, 0.1) is 0 Å². The van der Waals surface area contributed by atoms with Gasteiger partial charge >= 0.3 is 11.8 Å². The fourth-order valence-corrected chi connectivity index (χ4v) is 3.04. The van der Waals surface area contributed by atoms with Gasteiger partial charge in [0.15, 0.2) is 11.5 Å². The summed E-state index contributed by atoms with van der Waals surface area (Å²) in [4.78, 5) is 23.9. The molecule has 2 N–H and O–H groups in total. The molecule has 3 rings (SSSR count). The van der Waals surface area contributed by atoms with Gasteiger partial charge < -0.3 is 19.5 Å². The lowest BCUT2D eigenvalue weighted by Gasteiger charge is -2.10. The van der Waals surface area contributed by atoms with Gasteiger partial charge in [0.05, 0.1) is 20.4 Å². The standard InChI is InChI=1S/C26H27N3O5/c1-32-23-13-10-19(16-24(23)33-2)14-15-27-25(30)26(31)29-28-17-20-8-11-22(12-9-20)34-18-21-6-4-3-5-7-21/h3-13,16-17H,14-15,18H2,1-2H3,(H,27,30)(H,29,31)/b28-17-. The number of ether oxygens (including phenoxy) is 3. The van der Waals surface area contributed by atoms with Gasteiger partial charge in [-0.25, -0.2) is 5.43 Å². The van der Waals surface area contributed by atoms with Crippen molar-refractivity contribution in [3.05, 3.63) is 89.5 Å². The number of hydrogen-bond acceptors (Lipinski definition) is 6. The van der Waals surface area contributed by atoms with E-state index < -0.39 is 11.8 Å². The largest absolute Gasteiger partial charge is 0.493 e. The number of nitrogens with one attached hydrogen (secondary N) is 2. The van der Waals surface area contributed by atoms with Crippen molar-refractivity contribution in [2.24, 2.45) is 5.10 Å². The predicted octanol–water partition coefficient (Wildman–Crippen LogP) is 3.09. The molecule has 8 nitrogen and oxygen atoms in total. The van der Waals surface area contributed by atoms with E-state index in [0.29, 0.717) is 24.5 Å². The van der Waals surface area contributed by atoms with Crippen LogP contribution in [0.25, 0.3) is 0 Å². The minimum absolute atomic E-state index is 0.288. The van der Waals surface area contributed by atoms with Gasteiger partial charge in [-0.15, -0.1) is 0 Å². The summed E-state index contributed by atoms with van der Waals surface area (Å²) in [5.41, 5.74) is 4.99. The average molecular weight is 462 g/mol. The van der Waals surface area contributed by atoms with Crippen LogP contribution in [0.15, 0.2) is 77.9 Å². The van der Waals surface area contributed by atoms with Crippen LogP contribution in [0.4, 0.5) is 0 Å². The van der Waals surface area contributed by atoms with Gasteiger partial charge in [0.1, 0.15) is 12.4 Å². The maximum Gasteiger partial charge on any atom is 0.329 e. The first-order valence-electron chi connectivity index (χ1n) is 10.7. The van der Waals surface area contributed by atoms with Crippen LogP contribution < -0.4 is 25.0 Å². The molecule has 3 aromatic rings. The van der Waals surface area contributed by atoms with Crippen molar-refractivity contribution in [3.63, 3.8) is 0 Å². The Morgan fingerprint density at radius 3 is 2.29 bits per heavy atom. The van der Waals surface area contributed by atoms with Crippen LogP contribution in [-0.4, -0.2) is 38.8 Å². The molecular weight excluding hydrogens is 434 g/mol. The van der Waals surface area contributed by atoms with Crippen molar-refractivity contribution in [2.45, 2.75) is 13.0 Å². The number of methoxy groups -OCH3 is 2. The third-order valence-corrected chi connectivity index (χ3v) is 4.86. The highest BCUT2D eigenvalue weighted by Crippen LogP contribution is 2.27. The van der Waals surface area contributed by atoms with Gasteiger partial charge in [-0.1, -0.05) is 36.4 Å². The fourth-order valence-electron chi connectivity index (χ4n) is 3.04. The predicted molar refractivity (Wildman–Crippen MR) is 129 cm³/mol. The molecule has 2 amide bonds. The molecule has 0 heterocycles. The molecule has 0 aromatic heterocycles. The third kappa shape index (κ3) is 7.37. The second kappa shape index (κ2) is 12.6. The summed E-state index contributed by atoms with van der Waals surface area (Å²) in [5.74, 6) is 0.351. The Morgan fingerprint density at radius 1 is 0.853 bits per heavy atom. The zero-order valence-electron chi connectivity index (χ0n) is 19.1. The number of hydrazone groups is 1. The number of amides is 2. The van der Waals surface area contributed by atoms with Crippen molar-refractivity contribution in [1.29, 1.82) is 0 Å². The van der Waals surface area contributed by atoms with E-state index in [2.05, 4.69) is 15.8 Å². The Balaban J connectivity index is 1.39. The molecule has 0 saturated heterocycles. The molecule has 0 spiro atoms. The highest BCUT2D eigenvalue weighted by molar-refractivity contribution is 6.35. The zero-order valence-corrected chi connectivity index (χ0v) is 19.1. The lowest BCUT2D eigenvalue weighted by Crippen LogP contribution is -2.38. The third-order valence-electron chi connectivity index (χ3n) is 4.86. The summed E-state index contributed by atoms with van der Waals surface area (Å²) < 4.78 is 16.2. The van der Waals surface area contributed by atoms with Gasteiger partial charge in [-0.2, -0.15) is 5.10 Å². The summed E-state index contributed by atoms with van der Waals surface area (Å²) in [5, 5.41) is 6.40. The highest BCUT2D eigenvalue weighted by Gasteiger charge is 2.12. The Morgan fingerprint density at radius 2 is 1.59 bits per heavy atom. The van der Waals surface area contributed by atoms with Gasteiger partial charge in [-0.05, 0) is 59.5 Å². The topological polar surface area (TPSA) is 98.2 Å². The van der Waals surface area contributed by atoms with Crippen molar-refractivity contribution >= 4 is 18.0 Å². The van der Waals surface area contributed by atoms with E-state index in [1.54, 1.807) is 32.4 Å². The Labute approximate surface area is 198 Å². The molecule has 8 heteroatoms. The Bertz CT molecular complexity index is 1120. The van der Waals surface area contributed by atoms with Crippen molar-refractivity contribution in [2.75, 3.05) is 20.8 Å². The number of rotatable bonds is 10. The average Bonchev–Trinajstić information content (AvgIpc) is 2.88. The molecule has 3 aromatic carbocycles. The number of carbonyl (C=O) groups is 2. The van der Waals surface area contributed by atoms with E-state index in [0.717, 1.165) is 22.4 Å². The zero-order chi connectivity index (χ0) is 24.2. The maximum absolute atomic E-state index is 12.0. The second-order valence-corrected chi connectivity index (χ2v) is 7.24. The van der Waals surface area contributed by atoms with E-state index in [9.17, 15) is 9.59 Å². The molecule has 34 heavy (non-hydrogen) atoms. The normalized spacial score (nSPS) is 10.5. The quantitative estimate of drug-likeness (QED) is 0.275. The minimum Gasteiger partial charge on any atom is -0.493 e. The highest BCUT2D eigenvalue weighted by atomic mass is 16.5. The first-order valence-corrected chi connectivity index (χ1v) is 10.7. The molecule has 176 valence electrons. The number of benzene rings is 3. The van der Waals surface area contributed by atoms with Gasteiger partial charge in [0.25, 0.3) is 0 Å². The van der Waals surface area contributed by atoms with Gasteiger partial charge in [-0.3, -0.25) is 9.59 Å². The molecule has 0 unspecified atom stereocenters. The molecule has 0 atom stereocenters. The minimum atomic E-state index is -0.841. The monoisotopic (exact) mass is 461 g/mol. The van der Waals surface area contributed by atoms with Crippen LogP contribution in [0.2, 0.25) is 0 Å². The van der Waals surface area contributed by atoms with Crippen molar-refractivity contribution in [1.82, 2.24) is 10.7 Å². The van der Waals surface area contributed by atoms with E-state index in [1.807, 2.05) is 54.6 Å². The summed E-state index contributed by atoms with van der Waals surface area (Å²) in [7, 11) is 3.12. The molecule has 0 bridgehead atoms. The maximum atomic E-state index is 12.0. The molecular formula is C26H27N3O5. The van der Waals surface area contributed by atoms with Gasteiger partial charge in [0.2, 0.25) is 0 Å². The van der Waals surface area contributed by atoms with Crippen molar-refractivity contribution in [3.8, 4) is 17.2 Å². The first kappa shape index (κ1) is 24.3. The van der Waals surface area contributed by atoms with Crippen molar-refractivity contribution < 1.29 is 23.8 Å².